The number of carbonyl (C=O) groups excluding carboxylic acids is 2. The van der Waals surface area contributed by atoms with Crippen LogP contribution in [0.3, 0.4) is 0 Å². The molecule has 0 unspecified atom stereocenters. The van der Waals surface area contributed by atoms with E-state index in [9.17, 15) is 9.59 Å². The Morgan fingerprint density at radius 3 is 2.54 bits per heavy atom. The molecule has 9 heteroatoms. The number of hydrogen-bond donors (Lipinski definition) is 4. The van der Waals surface area contributed by atoms with Crippen molar-refractivity contribution < 1.29 is 29.0 Å². The summed E-state index contributed by atoms with van der Waals surface area (Å²) in [5.74, 6) is -0.164. The van der Waals surface area contributed by atoms with E-state index in [-0.39, 0.29) is 12.5 Å². The van der Waals surface area contributed by atoms with Crippen LogP contribution in [-0.4, -0.2) is 42.5 Å². The van der Waals surface area contributed by atoms with E-state index in [4.69, 9.17) is 19.4 Å². The number of amides is 2. The maximum atomic E-state index is 11.8. The van der Waals surface area contributed by atoms with Gasteiger partial charge in [0.25, 0.3) is 0 Å². The van der Waals surface area contributed by atoms with E-state index >= 15 is 0 Å². The van der Waals surface area contributed by atoms with Crippen molar-refractivity contribution in [2.45, 2.75) is 33.0 Å². The van der Waals surface area contributed by atoms with Gasteiger partial charge in [0.05, 0.1) is 7.11 Å². The van der Waals surface area contributed by atoms with Gasteiger partial charge in [0.1, 0.15) is 12.0 Å². The molecule has 0 aliphatic carbocycles. The minimum atomic E-state index is -1.99. The molecule has 26 heavy (non-hydrogen) atoms. The van der Waals surface area contributed by atoms with Crippen LogP contribution in [0.2, 0.25) is 0 Å². The summed E-state index contributed by atoms with van der Waals surface area (Å²) < 4.78 is 9.90. The average Bonchev–Trinajstić information content (AvgIpc) is 2.57. The van der Waals surface area contributed by atoms with Crippen molar-refractivity contribution in [1.29, 1.82) is 0 Å². The lowest BCUT2D eigenvalue weighted by Crippen LogP contribution is -2.41. The molecule has 0 saturated heterocycles. The monoisotopic (exact) mass is 364 g/mol. The summed E-state index contributed by atoms with van der Waals surface area (Å²) in [6.07, 6.45) is 1.67. The molecule has 142 valence electrons. The Morgan fingerprint density at radius 1 is 1.23 bits per heavy atom. The van der Waals surface area contributed by atoms with Crippen LogP contribution >= 0.6 is 0 Å². The van der Waals surface area contributed by atoms with Gasteiger partial charge < -0.3 is 30.1 Å². The van der Waals surface area contributed by atoms with Gasteiger partial charge in [-0.2, -0.15) is 0 Å². The Balaban J connectivity index is 2.48. The van der Waals surface area contributed by atoms with E-state index in [0.29, 0.717) is 12.2 Å². The van der Waals surface area contributed by atoms with Crippen molar-refractivity contribution in [3.05, 3.63) is 42.0 Å². The van der Waals surface area contributed by atoms with Crippen molar-refractivity contribution in [3.8, 4) is 5.75 Å². The van der Waals surface area contributed by atoms with Crippen molar-refractivity contribution in [3.63, 3.8) is 0 Å². The third-order valence-electron chi connectivity index (χ3n) is 3.26. The number of methoxy groups -OCH3 is 1. The van der Waals surface area contributed by atoms with E-state index in [2.05, 4.69) is 10.6 Å². The predicted molar refractivity (Wildman–Crippen MR) is 96.6 cm³/mol. The average molecular weight is 364 g/mol. The van der Waals surface area contributed by atoms with Gasteiger partial charge in [0, 0.05) is 18.7 Å². The first-order valence-corrected chi connectivity index (χ1v) is 8.21. The molecule has 1 aromatic rings. The van der Waals surface area contributed by atoms with Crippen molar-refractivity contribution in [2.24, 2.45) is 5.92 Å². The van der Waals surface area contributed by atoms with Gasteiger partial charge in [-0.15, -0.1) is 0 Å². The number of benzene rings is 1. The zero-order valence-electron chi connectivity index (χ0n) is 15.1. The predicted octanol–water partition coefficient (Wildman–Crippen LogP) is 0.342. The highest BCUT2D eigenvalue weighted by molar-refractivity contribution is 6.32. The van der Waals surface area contributed by atoms with Gasteiger partial charge in [0.15, 0.2) is 0 Å². The molecule has 0 spiro atoms. The fourth-order valence-electron chi connectivity index (χ4n) is 2.11. The standard InChI is InChI=1S/C17H25BN2O6/c1-12(2)9-17(26-18(23)24)20-16(22)8-7-15(21)19-11-13-5-4-6-14(10-13)25-3/h4-8,10,12,17,23-24H,9,11H2,1-3H3,(H,19,21)(H,20,22)/b8-7+/t17-/m1/s1. The van der Waals surface area contributed by atoms with Gasteiger partial charge in [-0.05, 0) is 30.0 Å². The molecule has 0 radical (unpaired) electrons. The minimum Gasteiger partial charge on any atom is -0.497 e. The molecule has 0 saturated carbocycles. The fourth-order valence-corrected chi connectivity index (χ4v) is 2.11. The largest absolute Gasteiger partial charge is 0.635 e. The molecule has 0 aromatic heterocycles. The van der Waals surface area contributed by atoms with Gasteiger partial charge in [-0.1, -0.05) is 26.0 Å². The highest BCUT2D eigenvalue weighted by atomic mass is 16.6. The summed E-state index contributed by atoms with van der Waals surface area (Å²) in [5, 5.41) is 22.9. The molecule has 0 aliphatic heterocycles. The maximum absolute atomic E-state index is 11.8. The van der Waals surface area contributed by atoms with Gasteiger partial charge in [0.2, 0.25) is 11.8 Å². The van der Waals surface area contributed by atoms with Crippen LogP contribution in [0.15, 0.2) is 36.4 Å². The molecule has 2 amide bonds. The second-order valence-electron chi connectivity index (χ2n) is 5.99. The van der Waals surface area contributed by atoms with E-state index in [1.54, 1.807) is 19.2 Å². The van der Waals surface area contributed by atoms with Crippen LogP contribution in [0.4, 0.5) is 0 Å². The highest BCUT2D eigenvalue weighted by Crippen LogP contribution is 2.12. The quantitative estimate of drug-likeness (QED) is 0.270. The van der Waals surface area contributed by atoms with E-state index < -0.39 is 25.4 Å². The molecule has 1 aromatic carbocycles. The Bertz CT molecular complexity index is 611. The van der Waals surface area contributed by atoms with E-state index in [0.717, 1.165) is 17.7 Å². The topological polar surface area (TPSA) is 117 Å². The molecule has 8 nitrogen and oxygen atoms in total. The Hall–Kier alpha value is -2.36. The lowest BCUT2D eigenvalue weighted by Gasteiger charge is -2.20. The molecule has 0 heterocycles. The summed E-state index contributed by atoms with van der Waals surface area (Å²) in [7, 11) is -0.431. The highest BCUT2D eigenvalue weighted by Gasteiger charge is 2.20. The Labute approximate surface area is 153 Å². The molecule has 1 rings (SSSR count). The van der Waals surface area contributed by atoms with Crippen LogP contribution in [0.1, 0.15) is 25.8 Å². The lowest BCUT2D eigenvalue weighted by atomic mass is 10.1. The summed E-state index contributed by atoms with van der Waals surface area (Å²) in [5.41, 5.74) is 0.859. The number of carbonyl (C=O) groups is 2. The first kappa shape index (κ1) is 21.7. The second kappa shape index (κ2) is 11.3. The normalized spacial score (nSPS) is 12.1. The maximum Gasteiger partial charge on any atom is 0.635 e. The number of rotatable bonds is 10. The summed E-state index contributed by atoms with van der Waals surface area (Å²) in [4.78, 5) is 23.6. The van der Waals surface area contributed by atoms with Crippen molar-refractivity contribution >= 4 is 19.1 Å². The van der Waals surface area contributed by atoms with Crippen LogP contribution in [-0.2, 0) is 20.8 Å². The summed E-state index contributed by atoms with van der Waals surface area (Å²) in [6, 6.07) is 7.25. The van der Waals surface area contributed by atoms with Gasteiger partial charge in [-0.3, -0.25) is 9.59 Å². The van der Waals surface area contributed by atoms with Gasteiger partial charge >= 0.3 is 7.32 Å². The third kappa shape index (κ3) is 9.21. The van der Waals surface area contributed by atoms with Crippen molar-refractivity contribution in [2.75, 3.05) is 7.11 Å². The molecular formula is C17H25BN2O6. The Morgan fingerprint density at radius 2 is 1.92 bits per heavy atom. The van der Waals surface area contributed by atoms with Crippen LogP contribution in [0.5, 0.6) is 5.75 Å². The smallest absolute Gasteiger partial charge is 0.497 e. The van der Waals surface area contributed by atoms with E-state index in [1.165, 1.54) is 0 Å². The molecule has 0 aliphatic rings. The zero-order chi connectivity index (χ0) is 19.5. The molecule has 0 fully saturated rings. The van der Waals surface area contributed by atoms with Crippen LogP contribution in [0, 0.1) is 5.92 Å². The SMILES string of the molecule is COc1cccc(CNC(=O)/C=C/C(=O)N[C@@H](CC(C)C)OB(O)O)c1. The summed E-state index contributed by atoms with van der Waals surface area (Å²) in [6.45, 7) is 4.08. The number of ether oxygens (including phenoxy) is 1. The van der Waals surface area contributed by atoms with E-state index in [1.807, 2.05) is 26.0 Å². The molecule has 0 bridgehead atoms. The number of nitrogens with one attached hydrogen (secondary N) is 2. The summed E-state index contributed by atoms with van der Waals surface area (Å²) >= 11 is 0. The van der Waals surface area contributed by atoms with Gasteiger partial charge in [-0.25, -0.2) is 0 Å². The second-order valence-corrected chi connectivity index (χ2v) is 5.99. The Kier molecular flexibility index (Phi) is 9.42. The van der Waals surface area contributed by atoms with Crippen LogP contribution in [0.25, 0.3) is 0 Å². The first-order chi connectivity index (χ1) is 12.3. The minimum absolute atomic E-state index is 0.161. The van der Waals surface area contributed by atoms with Crippen molar-refractivity contribution in [1.82, 2.24) is 10.6 Å². The molecule has 1 atom stereocenters. The van der Waals surface area contributed by atoms with Crippen LogP contribution < -0.4 is 15.4 Å². The first-order valence-electron chi connectivity index (χ1n) is 8.21. The molecule has 4 N–H and O–H groups in total. The fraction of sp³-hybridized carbons (Fsp3) is 0.412. The molecular weight excluding hydrogens is 339 g/mol. The number of hydrogen-bond acceptors (Lipinski definition) is 6. The lowest BCUT2D eigenvalue weighted by molar-refractivity contribution is -0.120. The zero-order valence-corrected chi connectivity index (χ0v) is 15.1. The third-order valence-corrected chi connectivity index (χ3v) is 3.26.